The molecule has 0 aliphatic carbocycles. The first-order valence-corrected chi connectivity index (χ1v) is 6.25. The van der Waals surface area contributed by atoms with Gasteiger partial charge < -0.3 is 10.5 Å². The van der Waals surface area contributed by atoms with Crippen LogP contribution in [0.4, 0.5) is 4.39 Å². The Labute approximate surface area is 106 Å². The van der Waals surface area contributed by atoms with Crippen molar-refractivity contribution in [2.45, 2.75) is 19.3 Å². The van der Waals surface area contributed by atoms with Crippen molar-refractivity contribution in [2.75, 3.05) is 19.8 Å². The largest absolute Gasteiger partial charge is 0.381 e. The summed E-state index contributed by atoms with van der Waals surface area (Å²) in [6.07, 6.45) is 2.55. The zero-order valence-electron chi connectivity index (χ0n) is 9.72. The highest BCUT2D eigenvalue weighted by atomic mass is 35.5. The smallest absolute Gasteiger partial charge is 0.142 e. The number of hydrogen-bond donors (Lipinski definition) is 1. The molecule has 4 heteroatoms. The summed E-state index contributed by atoms with van der Waals surface area (Å²) in [6.45, 7) is 2.04. The van der Waals surface area contributed by atoms with Crippen molar-refractivity contribution in [3.63, 3.8) is 0 Å². The van der Waals surface area contributed by atoms with E-state index >= 15 is 0 Å². The number of benzene rings is 1. The van der Waals surface area contributed by atoms with Gasteiger partial charge in [-0.05, 0) is 42.9 Å². The minimum atomic E-state index is -0.358. The van der Waals surface area contributed by atoms with Gasteiger partial charge in [0.15, 0.2) is 0 Å². The maximum Gasteiger partial charge on any atom is 0.142 e. The van der Waals surface area contributed by atoms with Crippen LogP contribution in [0.3, 0.4) is 0 Å². The molecule has 2 rings (SSSR count). The second-order valence-electron chi connectivity index (χ2n) is 4.71. The third-order valence-electron chi connectivity index (χ3n) is 3.58. The van der Waals surface area contributed by atoms with Crippen LogP contribution in [0.5, 0.6) is 0 Å². The van der Waals surface area contributed by atoms with Crippen LogP contribution in [0.1, 0.15) is 18.4 Å². The molecular weight excluding hydrogens is 241 g/mol. The van der Waals surface area contributed by atoms with Crippen molar-refractivity contribution in [1.82, 2.24) is 0 Å². The highest BCUT2D eigenvalue weighted by Crippen LogP contribution is 2.35. The number of halogens is 2. The van der Waals surface area contributed by atoms with Crippen LogP contribution in [0, 0.1) is 11.2 Å². The summed E-state index contributed by atoms with van der Waals surface area (Å²) in [6, 6.07) is 4.95. The van der Waals surface area contributed by atoms with Gasteiger partial charge in [-0.15, -0.1) is 0 Å². The first-order chi connectivity index (χ1) is 8.17. The van der Waals surface area contributed by atoms with Gasteiger partial charge in [0.1, 0.15) is 5.82 Å². The molecule has 1 heterocycles. The molecule has 1 aromatic rings. The van der Waals surface area contributed by atoms with Gasteiger partial charge in [-0.1, -0.05) is 23.7 Å². The average Bonchev–Trinajstić information content (AvgIpc) is 2.36. The molecule has 2 nitrogen and oxygen atoms in total. The van der Waals surface area contributed by atoms with E-state index in [-0.39, 0.29) is 16.3 Å². The standard InChI is InChI=1S/C13H17ClFNO/c14-12-10(2-1-3-11(12)15)8-13(9-16)4-6-17-7-5-13/h1-3H,4-9,16H2. The maximum atomic E-state index is 13.4. The van der Waals surface area contributed by atoms with Gasteiger partial charge in [0.25, 0.3) is 0 Å². The number of nitrogens with two attached hydrogens (primary N) is 1. The van der Waals surface area contributed by atoms with Crippen molar-refractivity contribution in [3.8, 4) is 0 Å². The third kappa shape index (κ3) is 2.79. The fourth-order valence-corrected chi connectivity index (χ4v) is 2.54. The van der Waals surface area contributed by atoms with E-state index < -0.39 is 0 Å². The highest BCUT2D eigenvalue weighted by Gasteiger charge is 2.32. The highest BCUT2D eigenvalue weighted by molar-refractivity contribution is 6.31. The molecule has 1 aliphatic heterocycles. The lowest BCUT2D eigenvalue weighted by Gasteiger charge is -2.36. The monoisotopic (exact) mass is 257 g/mol. The van der Waals surface area contributed by atoms with Gasteiger partial charge in [-0.2, -0.15) is 0 Å². The number of ether oxygens (including phenoxy) is 1. The fraction of sp³-hybridized carbons (Fsp3) is 0.538. The zero-order chi connectivity index (χ0) is 12.3. The summed E-state index contributed by atoms with van der Waals surface area (Å²) in [4.78, 5) is 0. The summed E-state index contributed by atoms with van der Waals surface area (Å²) in [5.74, 6) is -0.358. The Balaban J connectivity index is 2.20. The molecule has 0 aromatic heterocycles. The first-order valence-electron chi connectivity index (χ1n) is 5.88. The molecular formula is C13H17ClFNO. The van der Waals surface area contributed by atoms with Crippen LogP contribution in [-0.2, 0) is 11.2 Å². The van der Waals surface area contributed by atoms with E-state index in [1.807, 2.05) is 6.07 Å². The molecule has 2 N–H and O–H groups in total. The molecule has 1 aromatic carbocycles. The molecule has 94 valence electrons. The Morgan fingerprint density at radius 2 is 2.06 bits per heavy atom. The second kappa shape index (κ2) is 5.34. The summed E-state index contributed by atoms with van der Waals surface area (Å²) in [5, 5.41) is 0.229. The Morgan fingerprint density at radius 1 is 1.35 bits per heavy atom. The summed E-state index contributed by atoms with van der Waals surface area (Å²) in [7, 11) is 0. The van der Waals surface area contributed by atoms with Crippen molar-refractivity contribution >= 4 is 11.6 Å². The van der Waals surface area contributed by atoms with Crippen LogP contribution in [0.15, 0.2) is 18.2 Å². The Morgan fingerprint density at radius 3 is 2.71 bits per heavy atom. The van der Waals surface area contributed by atoms with Crippen LogP contribution < -0.4 is 5.73 Å². The predicted octanol–water partition coefficient (Wildman–Crippen LogP) is 2.78. The van der Waals surface area contributed by atoms with Gasteiger partial charge in [-0.3, -0.25) is 0 Å². The quantitative estimate of drug-likeness (QED) is 0.904. The fourth-order valence-electron chi connectivity index (χ4n) is 2.35. The van der Waals surface area contributed by atoms with Crippen molar-refractivity contribution in [2.24, 2.45) is 11.1 Å². The minimum Gasteiger partial charge on any atom is -0.381 e. The minimum absolute atomic E-state index is 0.00961. The van der Waals surface area contributed by atoms with E-state index in [2.05, 4.69) is 0 Å². The average molecular weight is 258 g/mol. The molecule has 0 amide bonds. The number of hydrogen-bond acceptors (Lipinski definition) is 2. The predicted molar refractivity (Wildman–Crippen MR) is 66.7 cm³/mol. The van der Waals surface area contributed by atoms with Gasteiger partial charge >= 0.3 is 0 Å². The summed E-state index contributed by atoms with van der Waals surface area (Å²) in [5.41, 5.74) is 6.74. The van der Waals surface area contributed by atoms with E-state index in [1.165, 1.54) is 6.07 Å². The molecule has 0 radical (unpaired) electrons. The van der Waals surface area contributed by atoms with Crippen LogP contribution in [-0.4, -0.2) is 19.8 Å². The molecule has 1 aliphatic rings. The SMILES string of the molecule is NCC1(Cc2cccc(F)c2Cl)CCOCC1. The lowest BCUT2D eigenvalue weighted by molar-refractivity contribution is 0.0191. The molecule has 0 saturated carbocycles. The molecule has 17 heavy (non-hydrogen) atoms. The Hall–Kier alpha value is -0.640. The molecule has 1 saturated heterocycles. The second-order valence-corrected chi connectivity index (χ2v) is 5.08. The normalized spacial score (nSPS) is 19.2. The molecule has 0 atom stereocenters. The van der Waals surface area contributed by atoms with E-state index in [0.29, 0.717) is 6.54 Å². The van der Waals surface area contributed by atoms with Crippen molar-refractivity contribution in [1.29, 1.82) is 0 Å². The molecule has 1 fully saturated rings. The Bertz CT molecular complexity index is 391. The van der Waals surface area contributed by atoms with Gasteiger partial charge in [0.05, 0.1) is 5.02 Å². The molecule has 0 unspecified atom stereocenters. The molecule has 0 bridgehead atoms. The first kappa shape index (κ1) is 12.8. The third-order valence-corrected chi connectivity index (χ3v) is 4.01. The topological polar surface area (TPSA) is 35.2 Å². The van der Waals surface area contributed by atoms with E-state index in [9.17, 15) is 4.39 Å². The van der Waals surface area contributed by atoms with Crippen LogP contribution in [0.25, 0.3) is 0 Å². The maximum absolute atomic E-state index is 13.4. The number of rotatable bonds is 3. The zero-order valence-corrected chi connectivity index (χ0v) is 10.5. The lowest BCUT2D eigenvalue weighted by atomic mass is 9.75. The van der Waals surface area contributed by atoms with Crippen molar-refractivity contribution in [3.05, 3.63) is 34.6 Å². The van der Waals surface area contributed by atoms with Crippen molar-refractivity contribution < 1.29 is 9.13 Å². The summed E-state index contributed by atoms with van der Waals surface area (Å²) >= 11 is 5.98. The van der Waals surface area contributed by atoms with Gasteiger partial charge in [0, 0.05) is 13.2 Å². The van der Waals surface area contributed by atoms with Gasteiger partial charge in [0.2, 0.25) is 0 Å². The van der Waals surface area contributed by atoms with E-state index in [4.69, 9.17) is 22.1 Å². The molecule has 0 spiro atoms. The lowest BCUT2D eigenvalue weighted by Crippen LogP contribution is -2.38. The summed E-state index contributed by atoms with van der Waals surface area (Å²) < 4.78 is 18.7. The van der Waals surface area contributed by atoms with Crippen LogP contribution >= 0.6 is 11.6 Å². The van der Waals surface area contributed by atoms with E-state index in [0.717, 1.165) is 38.0 Å². The van der Waals surface area contributed by atoms with Gasteiger partial charge in [-0.25, -0.2) is 4.39 Å². The Kier molecular flexibility index (Phi) is 4.02. The van der Waals surface area contributed by atoms with E-state index in [1.54, 1.807) is 6.07 Å². The van der Waals surface area contributed by atoms with Crippen LogP contribution in [0.2, 0.25) is 5.02 Å².